The van der Waals surface area contributed by atoms with E-state index in [-0.39, 0.29) is 17.9 Å². The van der Waals surface area contributed by atoms with Gasteiger partial charge in [-0.1, -0.05) is 12.1 Å². The van der Waals surface area contributed by atoms with Gasteiger partial charge in [0.2, 0.25) is 0 Å². The smallest absolute Gasteiger partial charge is 0.115 e. The Bertz CT molecular complexity index is 392. The lowest BCUT2D eigenvalue weighted by Crippen LogP contribution is -2.53. The fourth-order valence-corrected chi connectivity index (χ4v) is 2.46. The number of hydrogen-bond acceptors (Lipinski definition) is 4. The summed E-state index contributed by atoms with van der Waals surface area (Å²) < 4.78 is 5.80. The Balaban J connectivity index is 1.92. The highest BCUT2D eigenvalue weighted by molar-refractivity contribution is 5.26. The summed E-state index contributed by atoms with van der Waals surface area (Å²) in [6.07, 6.45) is 0.863. The summed E-state index contributed by atoms with van der Waals surface area (Å²) in [5, 5.41) is 9.27. The number of phenols is 1. The second kappa shape index (κ2) is 6.37. The molecular formula is C15H24N2O2. The molecule has 0 amide bonds. The molecule has 19 heavy (non-hydrogen) atoms. The highest BCUT2D eigenvalue weighted by Crippen LogP contribution is 2.15. The summed E-state index contributed by atoms with van der Waals surface area (Å²) in [6.45, 7) is 7.05. The van der Waals surface area contributed by atoms with Crippen LogP contribution in [0.25, 0.3) is 0 Å². The molecule has 0 aliphatic carbocycles. The van der Waals surface area contributed by atoms with Crippen molar-refractivity contribution in [1.29, 1.82) is 0 Å². The van der Waals surface area contributed by atoms with Crippen LogP contribution in [-0.2, 0) is 11.2 Å². The van der Waals surface area contributed by atoms with Gasteiger partial charge in [0.1, 0.15) is 5.75 Å². The van der Waals surface area contributed by atoms with Crippen molar-refractivity contribution in [2.24, 2.45) is 5.73 Å². The predicted molar refractivity (Wildman–Crippen MR) is 76.2 cm³/mol. The van der Waals surface area contributed by atoms with Crippen LogP contribution in [0.2, 0.25) is 0 Å². The molecule has 1 aliphatic rings. The number of ether oxygens (including phenoxy) is 1. The predicted octanol–water partition coefficient (Wildman–Crippen LogP) is 1.37. The van der Waals surface area contributed by atoms with Crippen molar-refractivity contribution in [3.05, 3.63) is 29.8 Å². The lowest BCUT2D eigenvalue weighted by Gasteiger charge is -2.37. The average Bonchev–Trinajstić information content (AvgIpc) is 2.41. The number of nitrogens with zero attached hydrogens (tertiary/aromatic N) is 1. The number of phenolic OH excluding ortho intramolecular Hbond substituents is 1. The first-order chi connectivity index (χ1) is 9.06. The maximum Gasteiger partial charge on any atom is 0.115 e. The molecule has 4 heteroatoms. The van der Waals surface area contributed by atoms with Crippen molar-refractivity contribution in [3.63, 3.8) is 0 Å². The van der Waals surface area contributed by atoms with Gasteiger partial charge in [-0.25, -0.2) is 0 Å². The van der Waals surface area contributed by atoms with Crippen LogP contribution in [0, 0.1) is 0 Å². The Kier molecular flexibility index (Phi) is 4.80. The van der Waals surface area contributed by atoms with Gasteiger partial charge >= 0.3 is 0 Å². The van der Waals surface area contributed by atoms with E-state index >= 15 is 0 Å². The van der Waals surface area contributed by atoms with Gasteiger partial charge in [0, 0.05) is 25.2 Å². The van der Waals surface area contributed by atoms with Crippen LogP contribution >= 0.6 is 0 Å². The molecule has 1 aliphatic heterocycles. The molecule has 2 unspecified atom stereocenters. The van der Waals surface area contributed by atoms with Crippen LogP contribution in [0.15, 0.2) is 24.3 Å². The molecule has 4 nitrogen and oxygen atoms in total. The molecule has 3 N–H and O–H groups in total. The molecule has 106 valence electrons. The Hall–Kier alpha value is -1.10. The zero-order valence-corrected chi connectivity index (χ0v) is 11.7. The summed E-state index contributed by atoms with van der Waals surface area (Å²) in [7, 11) is 0. The largest absolute Gasteiger partial charge is 0.508 e. The number of benzene rings is 1. The van der Waals surface area contributed by atoms with E-state index in [4.69, 9.17) is 10.5 Å². The SMILES string of the molecule is CC(C)N1CCOC(C(N)Cc2ccc(O)cc2)C1. The Morgan fingerprint density at radius 2 is 2.05 bits per heavy atom. The van der Waals surface area contributed by atoms with Crippen molar-refractivity contribution in [2.75, 3.05) is 19.7 Å². The molecular weight excluding hydrogens is 240 g/mol. The summed E-state index contributed by atoms with van der Waals surface area (Å²) in [4.78, 5) is 2.41. The third kappa shape index (κ3) is 3.93. The molecule has 1 aromatic carbocycles. The molecule has 1 saturated heterocycles. The van der Waals surface area contributed by atoms with E-state index < -0.39 is 0 Å². The van der Waals surface area contributed by atoms with Gasteiger partial charge in [-0.3, -0.25) is 4.90 Å². The summed E-state index contributed by atoms with van der Waals surface area (Å²) in [5.74, 6) is 0.289. The molecule has 0 aromatic heterocycles. The number of rotatable bonds is 4. The average molecular weight is 264 g/mol. The van der Waals surface area contributed by atoms with E-state index in [1.807, 2.05) is 12.1 Å². The van der Waals surface area contributed by atoms with Crippen molar-refractivity contribution in [2.45, 2.75) is 38.5 Å². The molecule has 0 spiro atoms. The molecule has 1 aromatic rings. The van der Waals surface area contributed by atoms with Crippen molar-refractivity contribution < 1.29 is 9.84 Å². The standard InChI is InChI=1S/C15H24N2O2/c1-11(2)17-7-8-19-15(10-17)14(16)9-12-3-5-13(18)6-4-12/h3-6,11,14-15,18H,7-10,16H2,1-2H3. The van der Waals surface area contributed by atoms with E-state index in [1.54, 1.807) is 12.1 Å². The highest BCUT2D eigenvalue weighted by Gasteiger charge is 2.27. The topological polar surface area (TPSA) is 58.7 Å². The fourth-order valence-electron chi connectivity index (χ4n) is 2.46. The van der Waals surface area contributed by atoms with Gasteiger partial charge in [0.15, 0.2) is 0 Å². The first-order valence-corrected chi connectivity index (χ1v) is 6.95. The van der Waals surface area contributed by atoms with Crippen LogP contribution in [0.3, 0.4) is 0 Å². The van der Waals surface area contributed by atoms with Gasteiger partial charge < -0.3 is 15.6 Å². The summed E-state index contributed by atoms with van der Waals surface area (Å²) in [5.41, 5.74) is 7.40. The van der Waals surface area contributed by atoms with Gasteiger partial charge in [-0.15, -0.1) is 0 Å². The third-order valence-electron chi connectivity index (χ3n) is 3.74. The maximum absolute atomic E-state index is 9.27. The first-order valence-electron chi connectivity index (χ1n) is 6.95. The van der Waals surface area contributed by atoms with Crippen molar-refractivity contribution in [3.8, 4) is 5.75 Å². The maximum atomic E-state index is 9.27. The highest BCUT2D eigenvalue weighted by atomic mass is 16.5. The zero-order valence-electron chi connectivity index (χ0n) is 11.7. The van der Waals surface area contributed by atoms with Crippen molar-refractivity contribution >= 4 is 0 Å². The zero-order chi connectivity index (χ0) is 13.8. The molecule has 0 saturated carbocycles. The number of aromatic hydroxyl groups is 1. The van der Waals surface area contributed by atoms with Crippen LogP contribution in [0.4, 0.5) is 0 Å². The van der Waals surface area contributed by atoms with Crippen molar-refractivity contribution in [1.82, 2.24) is 4.90 Å². The molecule has 1 fully saturated rings. The van der Waals surface area contributed by atoms with E-state index in [0.717, 1.165) is 31.7 Å². The second-order valence-electron chi connectivity index (χ2n) is 5.53. The number of nitrogens with two attached hydrogens (primary N) is 1. The summed E-state index contributed by atoms with van der Waals surface area (Å²) >= 11 is 0. The number of hydrogen-bond donors (Lipinski definition) is 2. The number of morpholine rings is 1. The van der Waals surface area contributed by atoms with E-state index in [2.05, 4.69) is 18.7 Å². The van der Waals surface area contributed by atoms with Crippen LogP contribution in [0.5, 0.6) is 5.75 Å². The molecule has 0 radical (unpaired) electrons. The quantitative estimate of drug-likeness (QED) is 0.862. The monoisotopic (exact) mass is 264 g/mol. The lowest BCUT2D eigenvalue weighted by molar-refractivity contribution is -0.0495. The minimum absolute atomic E-state index is 0.00825. The Morgan fingerprint density at radius 1 is 1.37 bits per heavy atom. The first kappa shape index (κ1) is 14.3. The minimum Gasteiger partial charge on any atom is -0.508 e. The Morgan fingerprint density at radius 3 is 2.68 bits per heavy atom. The second-order valence-corrected chi connectivity index (χ2v) is 5.53. The third-order valence-corrected chi connectivity index (χ3v) is 3.74. The fraction of sp³-hybridized carbons (Fsp3) is 0.600. The van der Waals surface area contributed by atoms with Crippen LogP contribution in [-0.4, -0.2) is 47.9 Å². The van der Waals surface area contributed by atoms with Gasteiger partial charge in [-0.05, 0) is 38.0 Å². The van der Waals surface area contributed by atoms with E-state index in [0.29, 0.717) is 6.04 Å². The van der Waals surface area contributed by atoms with Gasteiger partial charge in [0.05, 0.1) is 12.7 Å². The lowest BCUT2D eigenvalue weighted by atomic mass is 10.0. The summed E-state index contributed by atoms with van der Waals surface area (Å²) in [6, 6.07) is 7.75. The molecule has 0 bridgehead atoms. The normalized spacial score (nSPS) is 22.6. The van der Waals surface area contributed by atoms with Gasteiger partial charge in [0.25, 0.3) is 0 Å². The molecule has 2 atom stereocenters. The van der Waals surface area contributed by atoms with Crippen LogP contribution in [0.1, 0.15) is 19.4 Å². The van der Waals surface area contributed by atoms with Gasteiger partial charge in [-0.2, -0.15) is 0 Å². The van der Waals surface area contributed by atoms with Crippen LogP contribution < -0.4 is 5.73 Å². The molecule has 1 heterocycles. The van der Waals surface area contributed by atoms with E-state index in [9.17, 15) is 5.11 Å². The Labute approximate surface area is 115 Å². The molecule has 2 rings (SSSR count). The van der Waals surface area contributed by atoms with E-state index in [1.165, 1.54) is 0 Å². The minimum atomic E-state index is -0.00825.